The molecule has 0 spiro atoms. The number of aromatic nitrogens is 1. The van der Waals surface area contributed by atoms with Gasteiger partial charge < -0.3 is 11.1 Å². The van der Waals surface area contributed by atoms with Crippen LogP contribution in [0.15, 0.2) is 24.4 Å². The molecule has 0 radical (unpaired) electrons. The molecule has 5 heteroatoms. The van der Waals surface area contributed by atoms with E-state index < -0.39 is 0 Å². The lowest BCUT2D eigenvalue weighted by Crippen LogP contribution is -2.08. The lowest BCUT2D eigenvalue weighted by Gasteiger charge is -2.15. The minimum atomic E-state index is 0.0934. The van der Waals surface area contributed by atoms with E-state index in [-0.39, 0.29) is 6.04 Å². The van der Waals surface area contributed by atoms with Crippen molar-refractivity contribution in [3.05, 3.63) is 39.3 Å². The average molecular weight is 268 g/mol. The highest BCUT2D eigenvalue weighted by Gasteiger charge is 2.12. The van der Waals surface area contributed by atoms with Gasteiger partial charge in [0.2, 0.25) is 0 Å². The molecule has 1 aromatic heterocycles. The number of aryl methyl sites for hydroxylation is 1. The monoisotopic (exact) mass is 267 g/mol. The highest BCUT2D eigenvalue weighted by molar-refractivity contribution is 7.11. The maximum absolute atomic E-state index is 6.11. The molecule has 1 aromatic carbocycles. The molecule has 2 aromatic rings. The zero-order valence-electron chi connectivity index (χ0n) is 9.70. The van der Waals surface area contributed by atoms with Gasteiger partial charge in [-0.3, -0.25) is 0 Å². The van der Waals surface area contributed by atoms with Crippen LogP contribution in [0.1, 0.15) is 22.9 Å². The summed E-state index contributed by atoms with van der Waals surface area (Å²) in [7, 11) is 0. The molecule has 1 atom stereocenters. The molecular weight excluding hydrogens is 254 g/mol. The van der Waals surface area contributed by atoms with Crippen LogP contribution in [0, 0.1) is 6.92 Å². The first-order valence-electron chi connectivity index (χ1n) is 5.31. The number of hydrogen-bond donors (Lipinski definition) is 2. The quantitative estimate of drug-likeness (QED) is 0.831. The minimum absolute atomic E-state index is 0.0934. The zero-order valence-corrected chi connectivity index (χ0v) is 11.3. The number of benzene rings is 1. The summed E-state index contributed by atoms with van der Waals surface area (Å²) in [6.45, 7) is 4.08. The van der Waals surface area contributed by atoms with Gasteiger partial charge in [0.25, 0.3) is 0 Å². The van der Waals surface area contributed by atoms with Crippen LogP contribution < -0.4 is 11.1 Å². The van der Waals surface area contributed by atoms with E-state index in [2.05, 4.69) is 10.3 Å². The third kappa shape index (κ3) is 2.70. The minimum Gasteiger partial charge on any atom is -0.397 e. The van der Waals surface area contributed by atoms with Crippen LogP contribution in [0.4, 0.5) is 11.4 Å². The molecule has 0 saturated heterocycles. The van der Waals surface area contributed by atoms with Gasteiger partial charge in [-0.15, -0.1) is 11.3 Å². The Morgan fingerprint density at radius 2 is 2.24 bits per heavy atom. The third-order valence-corrected chi connectivity index (χ3v) is 3.83. The van der Waals surface area contributed by atoms with Crippen LogP contribution in [0.5, 0.6) is 0 Å². The Bertz CT molecular complexity index is 504. The molecule has 0 bridgehead atoms. The smallest absolute Gasteiger partial charge is 0.115 e. The SMILES string of the molecule is Cc1cnc(C(C)Nc2c(N)cccc2Cl)s1. The molecule has 3 nitrogen and oxygen atoms in total. The Kier molecular flexibility index (Phi) is 3.54. The molecule has 1 unspecified atom stereocenters. The highest BCUT2D eigenvalue weighted by Crippen LogP contribution is 2.32. The first kappa shape index (κ1) is 12.2. The Balaban J connectivity index is 2.21. The number of nitrogens with zero attached hydrogens (tertiary/aromatic N) is 1. The Morgan fingerprint density at radius 1 is 1.47 bits per heavy atom. The number of para-hydroxylation sites is 1. The van der Waals surface area contributed by atoms with E-state index in [0.717, 1.165) is 10.7 Å². The summed E-state index contributed by atoms with van der Waals surface area (Å²) in [6, 6.07) is 5.57. The van der Waals surface area contributed by atoms with Crippen LogP contribution in [0.25, 0.3) is 0 Å². The van der Waals surface area contributed by atoms with Crippen molar-refractivity contribution >= 4 is 34.3 Å². The summed E-state index contributed by atoms with van der Waals surface area (Å²) in [6.07, 6.45) is 1.87. The van der Waals surface area contributed by atoms with E-state index in [4.69, 9.17) is 17.3 Å². The van der Waals surface area contributed by atoms with Crippen molar-refractivity contribution in [2.45, 2.75) is 19.9 Å². The topological polar surface area (TPSA) is 50.9 Å². The van der Waals surface area contributed by atoms with Crippen LogP contribution in [-0.4, -0.2) is 4.98 Å². The van der Waals surface area contributed by atoms with Gasteiger partial charge in [0.15, 0.2) is 0 Å². The van der Waals surface area contributed by atoms with Gasteiger partial charge in [-0.25, -0.2) is 4.98 Å². The predicted molar refractivity (Wildman–Crippen MR) is 74.8 cm³/mol. The van der Waals surface area contributed by atoms with Crippen LogP contribution in [-0.2, 0) is 0 Å². The molecular formula is C12H14ClN3S. The highest BCUT2D eigenvalue weighted by atomic mass is 35.5. The van der Waals surface area contributed by atoms with Gasteiger partial charge in [0.05, 0.1) is 22.4 Å². The van der Waals surface area contributed by atoms with Gasteiger partial charge in [-0.1, -0.05) is 17.7 Å². The maximum Gasteiger partial charge on any atom is 0.115 e. The Morgan fingerprint density at radius 3 is 2.82 bits per heavy atom. The molecule has 2 rings (SSSR count). The summed E-state index contributed by atoms with van der Waals surface area (Å²) >= 11 is 7.78. The number of rotatable bonds is 3. The number of anilines is 2. The van der Waals surface area contributed by atoms with Crippen LogP contribution in [0.2, 0.25) is 5.02 Å². The second-order valence-electron chi connectivity index (χ2n) is 3.88. The molecule has 0 saturated carbocycles. The van der Waals surface area contributed by atoms with Crippen molar-refractivity contribution < 1.29 is 0 Å². The van der Waals surface area contributed by atoms with E-state index in [1.54, 1.807) is 11.3 Å². The fraction of sp³-hybridized carbons (Fsp3) is 0.250. The van der Waals surface area contributed by atoms with E-state index in [0.29, 0.717) is 10.7 Å². The van der Waals surface area contributed by atoms with Gasteiger partial charge in [0.1, 0.15) is 5.01 Å². The van der Waals surface area contributed by atoms with Crippen molar-refractivity contribution in [2.75, 3.05) is 11.1 Å². The summed E-state index contributed by atoms with van der Waals surface area (Å²) in [5.41, 5.74) is 7.31. The first-order chi connectivity index (χ1) is 8.08. The van der Waals surface area contributed by atoms with Gasteiger partial charge in [-0.05, 0) is 26.0 Å². The average Bonchev–Trinajstić information content (AvgIpc) is 2.70. The lowest BCUT2D eigenvalue weighted by atomic mass is 10.2. The van der Waals surface area contributed by atoms with E-state index >= 15 is 0 Å². The van der Waals surface area contributed by atoms with Gasteiger partial charge in [0, 0.05) is 11.1 Å². The molecule has 0 amide bonds. The second kappa shape index (κ2) is 4.94. The Labute approximate surface area is 110 Å². The van der Waals surface area contributed by atoms with E-state index in [9.17, 15) is 0 Å². The molecule has 1 heterocycles. The van der Waals surface area contributed by atoms with Crippen molar-refractivity contribution in [1.82, 2.24) is 4.98 Å². The van der Waals surface area contributed by atoms with Crippen LogP contribution >= 0.6 is 22.9 Å². The maximum atomic E-state index is 6.11. The van der Waals surface area contributed by atoms with Crippen molar-refractivity contribution in [3.8, 4) is 0 Å². The third-order valence-electron chi connectivity index (χ3n) is 2.42. The molecule has 0 aliphatic heterocycles. The predicted octanol–water partition coefficient (Wildman–Crippen LogP) is 3.86. The largest absolute Gasteiger partial charge is 0.397 e. The molecule has 0 aliphatic rings. The second-order valence-corrected chi connectivity index (χ2v) is 5.55. The molecule has 0 fully saturated rings. The summed E-state index contributed by atoms with van der Waals surface area (Å²) in [5.74, 6) is 0. The Hall–Kier alpha value is -1.26. The summed E-state index contributed by atoms with van der Waals surface area (Å²) < 4.78 is 0. The first-order valence-corrected chi connectivity index (χ1v) is 6.50. The summed E-state index contributed by atoms with van der Waals surface area (Å²) in [5, 5.41) is 4.96. The van der Waals surface area contributed by atoms with E-state index in [1.165, 1.54) is 4.88 Å². The molecule has 90 valence electrons. The van der Waals surface area contributed by atoms with Crippen molar-refractivity contribution in [2.24, 2.45) is 0 Å². The summed E-state index contributed by atoms with van der Waals surface area (Å²) in [4.78, 5) is 5.54. The molecule has 17 heavy (non-hydrogen) atoms. The fourth-order valence-corrected chi connectivity index (χ4v) is 2.56. The van der Waals surface area contributed by atoms with Crippen molar-refractivity contribution in [3.63, 3.8) is 0 Å². The normalized spacial score (nSPS) is 12.4. The number of thiazole rings is 1. The van der Waals surface area contributed by atoms with Gasteiger partial charge in [-0.2, -0.15) is 0 Å². The number of hydrogen-bond acceptors (Lipinski definition) is 4. The van der Waals surface area contributed by atoms with Crippen molar-refractivity contribution in [1.29, 1.82) is 0 Å². The number of nitrogens with one attached hydrogen (secondary N) is 1. The van der Waals surface area contributed by atoms with Gasteiger partial charge >= 0.3 is 0 Å². The molecule has 0 aliphatic carbocycles. The fourth-order valence-electron chi connectivity index (χ4n) is 1.54. The lowest BCUT2D eigenvalue weighted by molar-refractivity contribution is 0.870. The zero-order chi connectivity index (χ0) is 12.4. The number of nitrogens with two attached hydrogens (primary N) is 1. The number of halogens is 1. The number of nitrogen functional groups attached to an aromatic ring is 1. The van der Waals surface area contributed by atoms with E-state index in [1.807, 2.05) is 38.2 Å². The standard InChI is InChI=1S/C12H14ClN3S/c1-7-6-15-12(17-7)8(2)16-11-9(13)4-3-5-10(11)14/h3-6,8,16H,14H2,1-2H3. The van der Waals surface area contributed by atoms with Crippen LogP contribution in [0.3, 0.4) is 0 Å². The molecule has 3 N–H and O–H groups in total.